The maximum Gasteiger partial charge on any atom is 0.271 e. The first-order valence-corrected chi connectivity index (χ1v) is 5.89. The van der Waals surface area contributed by atoms with Crippen LogP contribution >= 0.6 is 0 Å². The van der Waals surface area contributed by atoms with Crippen LogP contribution in [-0.4, -0.2) is 35.1 Å². The lowest BCUT2D eigenvalue weighted by atomic mass is 10.0. The number of anilines is 1. The minimum atomic E-state index is -0.231. The first-order valence-electron chi connectivity index (χ1n) is 5.89. The van der Waals surface area contributed by atoms with E-state index in [-0.39, 0.29) is 17.7 Å². The number of nitrogens with zero attached hydrogens (tertiary/aromatic N) is 2. The van der Waals surface area contributed by atoms with Crippen LogP contribution in [0.25, 0.3) is 0 Å². The van der Waals surface area contributed by atoms with E-state index in [0.29, 0.717) is 18.3 Å². The zero-order chi connectivity index (χ0) is 13.0. The molecule has 7 nitrogen and oxygen atoms in total. The van der Waals surface area contributed by atoms with Crippen LogP contribution in [0.4, 0.5) is 5.82 Å². The summed E-state index contributed by atoms with van der Waals surface area (Å²) in [6.07, 6.45) is 3.97. The molecule has 2 rings (SSSR count). The molecule has 2 heterocycles. The van der Waals surface area contributed by atoms with E-state index in [1.807, 2.05) is 6.92 Å². The molecule has 1 aromatic rings. The summed E-state index contributed by atoms with van der Waals surface area (Å²) >= 11 is 0. The molecule has 0 aromatic carbocycles. The number of rotatable bonds is 4. The van der Waals surface area contributed by atoms with E-state index >= 15 is 0 Å². The normalized spacial score (nSPS) is 22.8. The highest BCUT2D eigenvalue weighted by molar-refractivity contribution is 5.91. The topological polar surface area (TPSA) is 102 Å². The Labute approximate surface area is 105 Å². The molecule has 7 heteroatoms. The van der Waals surface area contributed by atoms with Gasteiger partial charge in [-0.3, -0.25) is 4.79 Å². The van der Waals surface area contributed by atoms with E-state index in [1.165, 1.54) is 12.4 Å². The summed E-state index contributed by atoms with van der Waals surface area (Å²) in [6.45, 7) is 3.38. The van der Waals surface area contributed by atoms with Gasteiger partial charge in [0.2, 0.25) is 0 Å². The number of nitrogens with one attached hydrogen (secondary N) is 2. The zero-order valence-electron chi connectivity index (χ0n) is 10.2. The Morgan fingerprint density at radius 3 is 2.94 bits per heavy atom. The summed E-state index contributed by atoms with van der Waals surface area (Å²) in [5, 5.41) is 2.84. The standard InChI is InChI=1S/C11H17N5O2/c1-7-8(2-3-18-7)4-15-11(17)9-5-14-10(16-12)6-13-9/h5-8H,2-4,12H2,1H3,(H,14,16)(H,15,17). The Kier molecular flexibility index (Phi) is 4.06. The fraction of sp³-hybridized carbons (Fsp3) is 0.545. The lowest BCUT2D eigenvalue weighted by molar-refractivity contribution is 0.0903. The first-order chi connectivity index (χ1) is 8.70. The number of carbonyl (C=O) groups is 1. The Bertz CT molecular complexity index is 408. The number of nitrogens with two attached hydrogens (primary N) is 1. The van der Waals surface area contributed by atoms with E-state index in [0.717, 1.165) is 13.0 Å². The molecule has 0 radical (unpaired) electrons. The highest BCUT2D eigenvalue weighted by Gasteiger charge is 2.24. The van der Waals surface area contributed by atoms with Crippen LogP contribution in [0.3, 0.4) is 0 Å². The van der Waals surface area contributed by atoms with Gasteiger partial charge in [-0.2, -0.15) is 0 Å². The highest BCUT2D eigenvalue weighted by Crippen LogP contribution is 2.19. The third kappa shape index (κ3) is 2.93. The van der Waals surface area contributed by atoms with Crippen molar-refractivity contribution in [1.82, 2.24) is 15.3 Å². The number of hydrogen-bond acceptors (Lipinski definition) is 6. The van der Waals surface area contributed by atoms with Crippen molar-refractivity contribution in [2.24, 2.45) is 11.8 Å². The van der Waals surface area contributed by atoms with E-state index in [9.17, 15) is 4.79 Å². The Morgan fingerprint density at radius 2 is 2.39 bits per heavy atom. The van der Waals surface area contributed by atoms with Gasteiger partial charge in [0.05, 0.1) is 18.5 Å². The van der Waals surface area contributed by atoms with Crippen LogP contribution in [0.1, 0.15) is 23.8 Å². The first kappa shape index (κ1) is 12.7. The van der Waals surface area contributed by atoms with E-state index in [4.69, 9.17) is 10.6 Å². The lowest BCUT2D eigenvalue weighted by Crippen LogP contribution is -2.32. The SMILES string of the molecule is CC1OCCC1CNC(=O)c1cnc(NN)cn1. The van der Waals surface area contributed by atoms with Crippen LogP contribution in [-0.2, 0) is 4.74 Å². The van der Waals surface area contributed by atoms with Gasteiger partial charge >= 0.3 is 0 Å². The van der Waals surface area contributed by atoms with Crippen molar-refractivity contribution >= 4 is 11.7 Å². The van der Waals surface area contributed by atoms with Gasteiger partial charge in [0.15, 0.2) is 5.82 Å². The molecule has 1 amide bonds. The van der Waals surface area contributed by atoms with Gasteiger partial charge in [0, 0.05) is 19.1 Å². The second kappa shape index (κ2) is 5.74. The molecule has 0 spiro atoms. The molecular formula is C11H17N5O2. The number of hydrazine groups is 1. The third-order valence-corrected chi connectivity index (χ3v) is 3.09. The predicted molar refractivity (Wildman–Crippen MR) is 65.7 cm³/mol. The molecule has 1 fully saturated rings. The number of hydrogen-bond donors (Lipinski definition) is 3. The Balaban J connectivity index is 1.87. The van der Waals surface area contributed by atoms with Crippen molar-refractivity contribution in [3.8, 4) is 0 Å². The molecule has 1 aliphatic heterocycles. The fourth-order valence-electron chi connectivity index (χ4n) is 1.88. The molecule has 1 aliphatic rings. The van der Waals surface area contributed by atoms with E-state index < -0.39 is 0 Å². The molecule has 0 saturated carbocycles. The summed E-state index contributed by atoms with van der Waals surface area (Å²) in [5.74, 6) is 5.72. The van der Waals surface area contributed by atoms with E-state index in [1.54, 1.807) is 0 Å². The number of carbonyl (C=O) groups excluding carboxylic acids is 1. The average Bonchev–Trinajstić information content (AvgIpc) is 2.81. The zero-order valence-corrected chi connectivity index (χ0v) is 10.2. The molecule has 98 valence electrons. The molecule has 4 N–H and O–H groups in total. The van der Waals surface area contributed by atoms with Crippen LogP contribution in [0.2, 0.25) is 0 Å². The second-order valence-corrected chi connectivity index (χ2v) is 4.27. The molecule has 2 atom stereocenters. The van der Waals surface area contributed by atoms with Gasteiger partial charge in [-0.05, 0) is 13.3 Å². The van der Waals surface area contributed by atoms with Gasteiger partial charge in [-0.15, -0.1) is 0 Å². The maximum absolute atomic E-state index is 11.8. The van der Waals surface area contributed by atoms with Crippen molar-refractivity contribution in [1.29, 1.82) is 0 Å². The molecule has 1 saturated heterocycles. The molecule has 18 heavy (non-hydrogen) atoms. The number of aromatic nitrogens is 2. The summed E-state index contributed by atoms with van der Waals surface area (Å²) in [7, 11) is 0. The monoisotopic (exact) mass is 251 g/mol. The van der Waals surface area contributed by atoms with Gasteiger partial charge in [-0.25, -0.2) is 15.8 Å². The largest absolute Gasteiger partial charge is 0.378 e. The van der Waals surface area contributed by atoms with Crippen molar-refractivity contribution < 1.29 is 9.53 Å². The van der Waals surface area contributed by atoms with Crippen molar-refractivity contribution in [3.05, 3.63) is 18.1 Å². The predicted octanol–water partition coefficient (Wildman–Crippen LogP) is -0.0830. The van der Waals surface area contributed by atoms with Gasteiger partial charge in [-0.1, -0.05) is 0 Å². The van der Waals surface area contributed by atoms with Crippen molar-refractivity contribution in [2.75, 3.05) is 18.6 Å². The quantitative estimate of drug-likeness (QED) is 0.511. The van der Waals surface area contributed by atoms with Crippen molar-refractivity contribution in [2.45, 2.75) is 19.4 Å². The molecular weight excluding hydrogens is 234 g/mol. The molecule has 0 bridgehead atoms. The summed E-state index contributed by atoms with van der Waals surface area (Å²) in [4.78, 5) is 19.7. The van der Waals surface area contributed by atoms with Gasteiger partial charge in [0.25, 0.3) is 5.91 Å². The smallest absolute Gasteiger partial charge is 0.271 e. The third-order valence-electron chi connectivity index (χ3n) is 3.09. The summed E-state index contributed by atoms with van der Waals surface area (Å²) in [5.41, 5.74) is 2.63. The minimum absolute atomic E-state index is 0.195. The van der Waals surface area contributed by atoms with Crippen LogP contribution < -0.4 is 16.6 Å². The average molecular weight is 251 g/mol. The lowest BCUT2D eigenvalue weighted by Gasteiger charge is -2.14. The Hall–Kier alpha value is -1.73. The number of amides is 1. The maximum atomic E-state index is 11.8. The highest BCUT2D eigenvalue weighted by atomic mass is 16.5. The van der Waals surface area contributed by atoms with Crippen LogP contribution in [0.5, 0.6) is 0 Å². The van der Waals surface area contributed by atoms with Crippen molar-refractivity contribution in [3.63, 3.8) is 0 Å². The second-order valence-electron chi connectivity index (χ2n) is 4.27. The van der Waals surface area contributed by atoms with Crippen LogP contribution in [0, 0.1) is 5.92 Å². The van der Waals surface area contributed by atoms with Gasteiger partial charge < -0.3 is 15.5 Å². The Morgan fingerprint density at radius 1 is 1.56 bits per heavy atom. The fourth-order valence-corrected chi connectivity index (χ4v) is 1.88. The molecule has 2 unspecified atom stereocenters. The molecule has 0 aliphatic carbocycles. The minimum Gasteiger partial charge on any atom is -0.378 e. The summed E-state index contributed by atoms with van der Waals surface area (Å²) in [6, 6.07) is 0. The van der Waals surface area contributed by atoms with Gasteiger partial charge in [0.1, 0.15) is 5.69 Å². The van der Waals surface area contributed by atoms with Crippen LogP contribution in [0.15, 0.2) is 12.4 Å². The van der Waals surface area contributed by atoms with E-state index in [2.05, 4.69) is 20.7 Å². The summed E-state index contributed by atoms with van der Waals surface area (Å²) < 4.78 is 5.43. The number of ether oxygens (including phenoxy) is 1. The number of nitrogen functional groups attached to an aromatic ring is 1. The molecule has 1 aromatic heterocycles.